The highest BCUT2D eigenvalue weighted by atomic mass is 32.2. The van der Waals surface area contributed by atoms with Crippen molar-refractivity contribution in [2.75, 3.05) is 10.5 Å². The Balaban J connectivity index is 2.52. The smallest absolute Gasteiger partial charge is 0.308 e. The molecule has 0 aliphatic rings. The molecule has 0 amide bonds. The van der Waals surface area contributed by atoms with Crippen molar-refractivity contribution in [1.29, 1.82) is 0 Å². The van der Waals surface area contributed by atoms with Crippen LogP contribution in [-0.2, 0) is 14.8 Å². The van der Waals surface area contributed by atoms with Crippen LogP contribution < -0.4 is 9.46 Å². The molecule has 0 saturated carbocycles. The third kappa shape index (κ3) is 3.37. The van der Waals surface area contributed by atoms with E-state index in [4.69, 9.17) is 9.15 Å². The van der Waals surface area contributed by atoms with Gasteiger partial charge in [-0.3, -0.25) is 4.79 Å². The summed E-state index contributed by atoms with van der Waals surface area (Å²) in [7, 11) is -3.65. The zero-order valence-electron chi connectivity index (χ0n) is 11.2. The highest BCUT2D eigenvalue weighted by molar-refractivity contribution is 7.92. The van der Waals surface area contributed by atoms with Crippen LogP contribution in [0.25, 0.3) is 10.6 Å². The Morgan fingerprint density at radius 3 is 2.76 bits per heavy atom. The number of sulfonamides is 1. The minimum absolute atomic E-state index is 0.0371. The van der Waals surface area contributed by atoms with E-state index in [2.05, 4.69) is 4.72 Å². The minimum Gasteiger partial charge on any atom is -0.501 e. The lowest BCUT2D eigenvalue weighted by Crippen LogP contribution is -2.15. The van der Waals surface area contributed by atoms with Gasteiger partial charge in [0.15, 0.2) is 5.76 Å². The maximum absolute atomic E-state index is 11.6. The fraction of sp³-hybridized carbons (Fsp3) is 0.250. The lowest BCUT2D eigenvalue weighted by molar-refractivity contribution is -0.131. The van der Waals surface area contributed by atoms with E-state index in [0.29, 0.717) is 4.88 Å². The molecule has 0 saturated heterocycles. The van der Waals surface area contributed by atoms with Crippen molar-refractivity contribution in [2.45, 2.75) is 13.8 Å². The molecule has 0 aliphatic carbocycles. The van der Waals surface area contributed by atoms with Crippen LogP contribution in [0.2, 0.25) is 0 Å². The zero-order valence-corrected chi connectivity index (χ0v) is 12.9. The van der Waals surface area contributed by atoms with E-state index in [0.717, 1.165) is 6.92 Å². The Kier molecular flexibility index (Phi) is 4.24. The molecule has 7 nitrogen and oxygen atoms in total. The fourth-order valence-corrected chi connectivity index (χ4v) is 2.77. The van der Waals surface area contributed by atoms with Crippen molar-refractivity contribution in [3.05, 3.63) is 17.5 Å². The first kappa shape index (κ1) is 15.4. The van der Waals surface area contributed by atoms with Gasteiger partial charge in [-0.05, 0) is 18.4 Å². The molecular formula is C12H13NO6S2. The largest absolute Gasteiger partial charge is 0.501 e. The van der Waals surface area contributed by atoms with E-state index >= 15 is 0 Å². The summed E-state index contributed by atoms with van der Waals surface area (Å²) in [5.41, 5.74) is 0. The van der Waals surface area contributed by atoms with Crippen LogP contribution in [0.1, 0.15) is 13.8 Å². The van der Waals surface area contributed by atoms with E-state index < -0.39 is 21.7 Å². The van der Waals surface area contributed by atoms with Crippen molar-refractivity contribution < 1.29 is 27.5 Å². The lowest BCUT2D eigenvalue weighted by Gasteiger charge is -2.04. The molecule has 21 heavy (non-hydrogen) atoms. The SMILES string of the molecule is CCS(=O)(=O)Nc1oc(-c2cccs2)c(O)c1OC(C)=O. The Hall–Kier alpha value is -2.00. The number of ether oxygens (including phenoxy) is 1. The molecular weight excluding hydrogens is 318 g/mol. The third-order valence-electron chi connectivity index (χ3n) is 2.46. The number of rotatable bonds is 5. The van der Waals surface area contributed by atoms with Crippen LogP contribution in [0.4, 0.5) is 5.88 Å². The monoisotopic (exact) mass is 331 g/mol. The molecule has 2 heterocycles. The van der Waals surface area contributed by atoms with E-state index in [9.17, 15) is 18.3 Å². The highest BCUT2D eigenvalue weighted by Gasteiger charge is 2.27. The van der Waals surface area contributed by atoms with E-state index in [1.165, 1.54) is 18.3 Å². The van der Waals surface area contributed by atoms with Crippen molar-refractivity contribution in [1.82, 2.24) is 0 Å². The number of furan rings is 1. The average molecular weight is 331 g/mol. The number of anilines is 1. The zero-order chi connectivity index (χ0) is 15.6. The molecule has 114 valence electrons. The molecule has 2 N–H and O–H groups in total. The minimum atomic E-state index is -3.65. The summed E-state index contributed by atoms with van der Waals surface area (Å²) in [6.07, 6.45) is 0. The van der Waals surface area contributed by atoms with Crippen molar-refractivity contribution >= 4 is 33.2 Å². The molecule has 2 aromatic heterocycles. The molecule has 0 bridgehead atoms. The van der Waals surface area contributed by atoms with Gasteiger partial charge in [-0.1, -0.05) is 6.07 Å². The number of hydrogen-bond donors (Lipinski definition) is 2. The lowest BCUT2D eigenvalue weighted by atomic mass is 10.3. The Labute approximate surface area is 125 Å². The second-order valence-electron chi connectivity index (χ2n) is 4.01. The number of carbonyl (C=O) groups excluding carboxylic acids is 1. The van der Waals surface area contributed by atoms with Gasteiger partial charge in [0.2, 0.25) is 21.5 Å². The van der Waals surface area contributed by atoms with Gasteiger partial charge >= 0.3 is 5.97 Å². The van der Waals surface area contributed by atoms with Crippen LogP contribution in [-0.4, -0.2) is 25.2 Å². The van der Waals surface area contributed by atoms with Gasteiger partial charge in [-0.25, -0.2) is 13.1 Å². The quantitative estimate of drug-likeness (QED) is 0.815. The molecule has 0 fully saturated rings. The molecule has 0 radical (unpaired) electrons. The second kappa shape index (κ2) is 5.78. The average Bonchev–Trinajstić information content (AvgIpc) is 3.01. The standard InChI is InChI=1S/C12H13NO6S2/c1-3-21(16,17)13-12-11(18-7(2)14)9(15)10(19-12)8-5-4-6-20-8/h4-6,13,15H,3H2,1-2H3. The van der Waals surface area contributed by atoms with Gasteiger partial charge in [-0.15, -0.1) is 11.3 Å². The first-order chi connectivity index (χ1) is 9.84. The van der Waals surface area contributed by atoms with Crippen LogP contribution >= 0.6 is 11.3 Å². The normalized spacial score (nSPS) is 11.3. The maximum atomic E-state index is 11.6. The topological polar surface area (TPSA) is 106 Å². The second-order valence-corrected chi connectivity index (χ2v) is 6.97. The van der Waals surface area contributed by atoms with Gasteiger partial charge in [0, 0.05) is 6.92 Å². The van der Waals surface area contributed by atoms with Crippen LogP contribution in [0, 0.1) is 0 Å². The van der Waals surface area contributed by atoms with Gasteiger partial charge < -0.3 is 14.3 Å². The van der Waals surface area contributed by atoms with Gasteiger partial charge in [0.05, 0.1) is 10.6 Å². The Morgan fingerprint density at radius 1 is 1.52 bits per heavy atom. The summed E-state index contributed by atoms with van der Waals surface area (Å²) >= 11 is 1.28. The first-order valence-corrected chi connectivity index (χ1v) is 8.45. The fourth-order valence-electron chi connectivity index (χ4n) is 1.50. The van der Waals surface area contributed by atoms with Crippen molar-refractivity contribution in [2.24, 2.45) is 0 Å². The van der Waals surface area contributed by atoms with Gasteiger partial charge in [0.1, 0.15) is 0 Å². The molecule has 0 aromatic carbocycles. The number of thiophene rings is 1. The molecule has 9 heteroatoms. The summed E-state index contributed by atoms with van der Waals surface area (Å²) < 4.78 is 35.5. The van der Waals surface area contributed by atoms with Crippen LogP contribution in [0.15, 0.2) is 21.9 Å². The van der Waals surface area contributed by atoms with Gasteiger partial charge in [-0.2, -0.15) is 0 Å². The van der Waals surface area contributed by atoms with Crippen molar-refractivity contribution in [3.63, 3.8) is 0 Å². The van der Waals surface area contributed by atoms with E-state index in [1.54, 1.807) is 17.5 Å². The Bertz CT molecular complexity index is 745. The summed E-state index contributed by atoms with van der Waals surface area (Å²) in [5, 5.41) is 11.9. The maximum Gasteiger partial charge on any atom is 0.308 e. The Morgan fingerprint density at radius 2 is 2.24 bits per heavy atom. The number of nitrogens with one attached hydrogen (secondary N) is 1. The van der Waals surface area contributed by atoms with Crippen LogP contribution in [0.5, 0.6) is 11.5 Å². The first-order valence-electron chi connectivity index (χ1n) is 5.92. The third-order valence-corrected chi connectivity index (χ3v) is 4.58. The predicted octanol–water partition coefficient (Wildman–Crippen LogP) is 2.40. The van der Waals surface area contributed by atoms with Crippen LogP contribution in [0.3, 0.4) is 0 Å². The molecule has 2 rings (SSSR count). The summed E-state index contributed by atoms with van der Waals surface area (Å²) in [6, 6.07) is 3.42. The number of carbonyl (C=O) groups is 1. The van der Waals surface area contributed by atoms with Gasteiger partial charge in [0.25, 0.3) is 5.88 Å². The van der Waals surface area contributed by atoms with Crippen molar-refractivity contribution in [3.8, 4) is 22.1 Å². The molecule has 2 aromatic rings. The molecule has 0 aliphatic heterocycles. The molecule has 0 spiro atoms. The van der Waals surface area contributed by atoms with E-state index in [1.807, 2.05) is 0 Å². The number of esters is 1. The highest BCUT2D eigenvalue weighted by Crippen LogP contribution is 2.47. The van der Waals surface area contributed by atoms with E-state index in [-0.39, 0.29) is 23.1 Å². The number of hydrogen-bond acceptors (Lipinski definition) is 7. The number of aromatic hydroxyl groups is 1. The molecule has 0 atom stereocenters. The summed E-state index contributed by atoms with van der Waals surface area (Å²) in [5.74, 6) is -1.96. The molecule has 0 unspecified atom stereocenters. The predicted molar refractivity (Wildman–Crippen MR) is 78.1 cm³/mol. The summed E-state index contributed by atoms with van der Waals surface area (Å²) in [6.45, 7) is 2.58. The summed E-state index contributed by atoms with van der Waals surface area (Å²) in [4.78, 5) is 11.7.